The summed E-state index contributed by atoms with van der Waals surface area (Å²) in [4.78, 5) is 22.3. The van der Waals surface area contributed by atoms with Crippen LogP contribution in [0.15, 0.2) is 24.3 Å². The Morgan fingerprint density at radius 1 is 1.23 bits per heavy atom. The van der Waals surface area contributed by atoms with Crippen molar-refractivity contribution in [1.82, 2.24) is 24.5 Å². The van der Waals surface area contributed by atoms with Gasteiger partial charge in [0.1, 0.15) is 0 Å². The van der Waals surface area contributed by atoms with Crippen LogP contribution < -0.4 is 0 Å². The molecule has 0 spiro atoms. The Morgan fingerprint density at radius 3 is 2.70 bits per heavy atom. The first-order chi connectivity index (χ1) is 14.2. The molecule has 30 heavy (non-hydrogen) atoms. The average molecular weight is 417 g/mol. The minimum Gasteiger partial charge on any atom is -0.339 e. The zero-order valence-electron chi connectivity index (χ0n) is 17.0. The molecule has 1 aliphatic carbocycles. The maximum Gasteiger partial charge on any atom is 0.453 e. The van der Waals surface area contributed by atoms with Crippen molar-refractivity contribution in [3.63, 3.8) is 0 Å². The van der Waals surface area contributed by atoms with Crippen LogP contribution in [-0.2, 0) is 23.8 Å². The molecule has 1 aliphatic rings. The molecular formula is C21H22F3N5O. The highest BCUT2D eigenvalue weighted by atomic mass is 19.4. The van der Waals surface area contributed by atoms with Crippen molar-refractivity contribution in [2.45, 2.75) is 51.7 Å². The molecule has 4 rings (SSSR count). The Hall–Kier alpha value is -2.97. The lowest BCUT2D eigenvalue weighted by Crippen LogP contribution is -2.30. The van der Waals surface area contributed by atoms with Crippen LogP contribution >= 0.6 is 0 Å². The molecule has 1 amide bonds. The van der Waals surface area contributed by atoms with Crippen molar-refractivity contribution >= 4 is 11.7 Å². The van der Waals surface area contributed by atoms with Gasteiger partial charge in [-0.15, -0.1) is 5.10 Å². The lowest BCUT2D eigenvalue weighted by molar-refractivity contribution is -0.144. The summed E-state index contributed by atoms with van der Waals surface area (Å²) in [6, 6.07) is 8.20. The lowest BCUT2D eigenvalue weighted by atomic mass is 10.0. The highest BCUT2D eigenvalue weighted by molar-refractivity contribution is 5.77. The van der Waals surface area contributed by atoms with Crippen LogP contribution in [0.4, 0.5) is 13.2 Å². The smallest absolute Gasteiger partial charge is 0.339 e. The van der Waals surface area contributed by atoms with Crippen LogP contribution in [0.3, 0.4) is 0 Å². The fourth-order valence-corrected chi connectivity index (χ4v) is 4.21. The predicted octanol–water partition coefficient (Wildman–Crippen LogP) is 3.84. The van der Waals surface area contributed by atoms with E-state index in [-0.39, 0.29) is 24.1 Å². The highest BCUT2D eigenvalue weighted by Gasteiger charge is 2.37. The number of hydrogen-bond donors (Lipinski definition) is 0. The monoisotopic (exact) mass is 417 g/mol. The Morgan fingerprint density at radius 2 is 1.97 bits per heavy atom. The minimum absolute atomic E-state index is 0.00910. The number of aryl methyl sites for hydroxylation is 3. The molecule has 9 heteroatoms. The van der Waals surface area contributed by atoms with E-state index in [1.54, 1.807) is 18.7 Å². The van der Waals surface area contributed by atoms with Gasteiger partial charge in [-0.3, -0.25) is 4.79 Å². The van der Waals surface area contributed by atoms with Crippen LogP contribution in [-0.4, -0.2) is 37.4 Å². The molecule has 0 saturated heterocycles. The van der Waals surface area contributed by atoms with E-state index >= 15 is 0 Å². The van der Waals surface area contributed by atoms with Gasteiger partial charge in [0, 0.05) is 24.9 Å². The number of halogens is 3. The normalized spacial score (nSPS) is 16.1. The van der Waals surface area contributed by atoms with E-state index in [4.69, 9.17) is 0 Å². The standard InChI is InChI=1S/C21H22F3N5O/c1-12-15(13(2)29-20(25-12)26-19(27-29)21(22,23)24)9-11-18(30)28(3)17-10-8-14-6-4-5-7-16(14)17/h4-7,17H,8-11H2,1-3H3. The van der Waals surface area contributed by atoms with E-state index in [2.05, 4.69) is 27.2 Å². The first-order valence-electron chi connectivity index (χ1n) is 9.80. The van der Waals surface area contributed by atoms with Crippen LogP contribution in [0.5, 0.6) is 0 Å². The summed E-state index contributed by atoms with van der Waals surface area (Å²) in [6.07, 6.45) is -2.17. The van der Waals surface area contributed by atoms with Gasteiger partial charge in [0.25, 0.3) is 11.6 Å². The van der Waals surface area contributed by atoms with Crippen molar-refractivity contribution < 1.29 is 18.0 Å². The average Bonchev–Trinajstić information content (AvgIpc) is 3.31. The van der Waals surface area contributed by atoms with Gasteiger partial charge < -0.3 is 4.90 Å². The van der Waals surface area contributed by atoms with E-state index in [0.717, 1.165) is 22.9 Å². The van der Waals surface area contributed by atoms with E-state index in [0.29, 0.717) is 17.8 Å². The Balaban J connectivity index is 1.53. The number of aromatic nitrogens is 4. The predicted molar refractivity (Wildman–Crippen MR) is 104 cm³/mol. The molecule has 158 valence electrons. The number of hydrogen-bond acceptors (Lipinski definition) is 4. The van der Waals surface area contributed by atoms with Gasteiger partial charge in [-0.1, -0.05) is 24.3 Å². The summed E-state index contributed by atoms with van der Waals surface area (Å²) < 4.78 is 39.9. The third-order valence-corrected chi connectivity index (χ3v) is 5.85. The summed E-state index contributed by atoms with van der Waals surface area (Å²) >= 11 is 0. The molecule has 1 unspecified atom stereocenters. The number of fused-ring (bicyclic) bond motifs is 2. The van der Waals surface area contributed by atoms with Gasteiger partial charge in [-0.25, -0.2) is 9.50 Å². The maximum atomic E-state index is 12.9. The zero-order chi connectivity index (χ0) is 21.6. The number of carbonyl (C=O) groups is 1. The molecule has 0 bridgehead atoms. The van der Waals surface area contributed by atoms with Gasteiger partial charge in [0.2, 0.25) is 5.91 Å². The Labute approximate surface area is 171 Å². The molecule has 0 saturated carbocycles. The second-order valence-electron chi connectivity index (χ2n) is 7.66. The molecule has 2 aromatic heterocycles. The summed E-state index contributed by atoms with van der Waals surface area (Å²) in [5.41, 5.74) is 4.25. The number of amides is 1. The fraction of sp³-hybridized carbons (Fsp3) is 0.429. The summed E-state index contributed by atoms with van der Waals surface area (Å²) in [7, 11) is 1.81. The van der Waals surface area contributed by atoms with Crippen molar-refractivity contribution in [3.05, 3.63) is 58.2 Å². The molecule has 2 heterocycles. The Kier molecular flexibility index (Phi) is 4.99. The van der Waals surface area contributed by atoms with Gasteiger partial charge >= 0.3 is 6.18 Å². The van der Waals surface area contributed by atoms with E-state index in [9.17, 15) is 18.0 Å². The quantitative estimate of drug-likeness (QED) is 0.647. The molecule has 3 aromatic rings. The van der Waals surface area contributed by atoms with Crippen molar-refractivity contribution in [2.24, 2.45) is 0 Å². The second-order valence-corrected chi connectivity index (χ2v) is 7.66. The molecule has 6 nitrogen and oxygen atoms in total. The second kappa shape index (κ2) is 7.37. The lowest BCUT2D eigenvalue weighted by Gasteiger charge is -2.26. The maximum absolute atomic E-state index is 12.9. The van der Waals surface area contributed by atoms with Crippen molar-refractivity contribution in [1.29, 1.82) is 0 Å². The zero-order valence-corrected chi connectivity index (χ0v) is 17.0. The molecule has 0 radical (unpaired) electrons. The molecule has 1 atom stereocenters. The molecule has 0 fully saturated rings. The molecule has 0 aliphatic heterocycles. The summed E-state index contributed by atoms with van der Waals surface area (Å²) in [6.45, 7) is 3.39. The minimum atomic E-state index is -4.63. The van der Waals surface area contributed by atoms with E-state index in [1.165, 1.54) is 11.1 Å². The third-order valence-electron chi connectivity index (χ3n) is 5.85. The highest BCUT2D eigenvalue weighted by Crippen LogP contribution is 2.35. The Bertz CT molecular complexity index is 1120. The first kappa shape index (κ1) is 20.3. The van der Waals surface area contributed by atoms with Crippen molar-refractivity contribution in [3.8, 4) is 0 Å². The largest absolute Gasteiger partial charge is 0.453 e. The fourth-order valence-electron chi connectivity index (χ4n) is 4.21. The summed E-state index contributed by atoms with van der Waals surface area (Å²) in [5.74, 6) is -1.32. The first-order valence-corrected chi connectivity index (χ1v) is 9.80. The van der Waals surface area contributed by atoms with Crippen LogP contribution in [0.1, 0.15) is 52.8 Å². The SMILES string of the molecule is Cc1nc2nc(C(F)(F)F)nn2c(C)c1CCC(=O)N(C)C1CCc2ccccc21. The van der Waals surface area contributed by atoms with Crippen LogP contribution in [0, 0.1) is 13.8 Å². The van der Waals surface area contributed by atoms with Crippen LogP contribution in [0.2, 0.25) is 0 Å². The number of benzene rings is 1. The molecular weight excluding hydrogens is 395 g/mol. The van der Waals surface area contributed by atoms with Gasteiger partial charge in [0.05, 0.1) is 6.04 Å². The topological polar surface area (TPSA) is 63.4 Å². The number of nitrogens with zero attached hydrogens (tertiary/aromatic N) is 5. The van der Waals surface area contributed by atoms with E-state index in [1.807, 2.05) is 19.2 Å². The molecule has 0 N–H and O–H groups in total. The third kappa shape index (κ3) is 3.53. The van der Waals surface area contributed by atoms with Crippen molar-refractivity contribution in [2.75, 3.05) is 7.05 Å². The number of carbonyl (C=O) groups excluding carboxylic acids is 1. The summed E-state index contributed by atoms with van der Waals surface area (Å²) in [5, 5.41) is 3.56. The number of alkyl halides is 3. The van der Waals surface area contributed by atoms with E-state index < -0.39 is 12.0 Å². The molecule has 1 aromatic carbocycles. The van der Waals surface area contributed by atoms with Gasteiger partial charge in [-0.2, -0.15) is 18.2 Å². The van der Waals surface area contributed by atoms with Gasteiger partial charge in [0.15, 0.2) is 0 Å². The van der Waals surface area contributed by atoms with Crippen LogP contribution in [0.25, 0.3) is 5.78 Å². The number of rotatable bonds is 4. The van der Waals surface area contributed by atoms with Gasteiger partial charge in [-0.05, 0) is 49.8 Å².